The average Bonchev–Trinajstić information content (AvgIpc) is 2.32. The Hall–Kier alpha value is -1.42. The van der Waals surface area contributed by atoms with Crippen LogP contribution in [0.4, 0.5) is 5.82 Å². The number of anilines is 1. The van der Waals surface area contributed by atoms with Crippen molar-refractivity contribution in [3.8, 4) is 0 Å². The van der Waals surface area contributed by atoms with E-state index in [-0.39, 0.29) is 11.9 Å². The number of rotatable bonds is 2. The van der Waals surface area contributed by atoms with Crippen LogP contribution in [0, 0.1) is 12.8 Å². The topological polar surface area (TPSA) is 54.0 Å². The molecular weight excluding hydrogens is 214 g/mol. The smallest absolute Gasteiger partial charge is 0.242 e. The summed E-state index contributed by atoms with van der Waals surface area (Å²) in [5.41, 5.74) is 1.09. The van der Waals surface area contributed by atoms with E-state index in [0.29, 0.717) is 11.7 Å². The van der Waals surface area contributed by atoms with Crippen LogP contribution in [0.25, 0.3) is 0 Å². The molecule has 2 atom stereocenters. The molecule has 1 aromatic rings. The van der Waals surface area contributed by atoms with Crippen molar-refractivity contribution in [3.05, 3.63) is 23.9 Å². The number of aryl methyl sites for hydroxylation is 1. The molecule has 1 fully saturated rings. The highest BCUT2D eigenvalue weighted by Crippen LogP contribution is 2.16. The lowest BCUT2D eigenvalue weighted by atomic mass is 9.94. The van der Waals surface area contributed by atoms with Crippen molar-refractivity contribution in [3.63, 3.8) is 0 Å². The Kier molecular flexibility index (Phi) is 3.74. The van der Waals surface area contributed by atoms with Crippen molar-refractivity contribution in [2.24, 2.45) is 5.92 Å². The molecule has 17 heavy (non-hydrogen) atoms. The van der Waals surface area contributed by atoms with Gasteiger partial charge in [-0.1, -0.05) is 13.0 Å². The van der Waals surface area contributed by atoms with Crippen LogP contribution in [0.1, 0.15) is 25.3 Å². The van der Waals surface area contributed by atoms with E-state index in [1.54, 1.807) is 6.20 Å². The first-order valence-corrected chi connectivity index (χ1v) is 6.12. The highest BCUT2D eigenvalue weighted by molar-refractivity contribution is 5.94. The Balaban J connectivity index is 1.94. The fourth-order valence-electron chi connectivity index (χ4n) is 2.06. The van der Waals surface area contributed by atoms with Gasteiger partial charge in [0.15, 0.2) is 0 Å². The van der Waals surface area contributed by atoms with Gasteiger partial charge in [0, 0.05) is 6.20 Å². The molecule has 1 aliphatic rings. The number of carbonyl (C=O) groups is 1. The van der Waals surface area contributed by atoms with E-state index in [0.717, 1.165) is 24.9 Å². The van der Waals surface area contributed by atoms with Crippen molar-refractivity contribution in [1.29, 1.82) is 0 Å². The molecule has 0 saturated carbocycles. The standard InChI is InChI=1S/C13H19N3O/c1-9-5-6-14-11(7-9)13(17)16-12-4-3-10(2)8-15-12/h3-4,8-9,11,14H,5-7H2,1-2H3,(H,15,16,17). The number of nitrogens with zero attached hydrogens (tertiary/aromatic N) is 1. The number of nitrogens with one attached hydrogen (secondary N) is 2. The van der Waals surface area contributed by atoms with Gasteiger partial charge in [0.25, 0.3) is 0 Å². The van der Waals surface area contributed by atoms with E-state index in [9.17, 15) is 4.79 Å². The van der Waals surface area contributed by atoms with E-state index in [1.165, 1.54) is 0 Å². The predicted octanol–water partition coefficient (Wildman–Crippen LogP) is 1.72. The Morgan fingerprint density at radius 2 is 2.35 bits per heavy atom. The molecule has 4 heteroatoms. The lowest BCUT2D eigenvalue weighted by Gasteiger charge is -2.27. The van der Waals surface area contributed by atoms with Crippen LogP contribution in [0.5, 0.6) is 0 Å². The van der Waals surface area contributed by atoms with Gasteiger partial charge in [-0.05, 0) is 43.9 Å². The Bertz CT molecular complexity index is 388. The molecule has 0 radical (unpaired) electrons. The quantitative estimate of drug-likeness (QED) is 0.817. The SMILES string of the molecule is Cc1ccc(NC(=O)C2CC(C)CCN2)nc1. The number of piperidine rings is 1. The molecule has 2 rings (SSSR count). The van der Waals surface area contributed by atoms with Crippen molar-refractivity contribution in [2.75, 3.05) is 11.9 Å². The second-order valence-corrected chi connectivity index (χ2v) is 4.85. The number of amides is 1. The van der Waals surface area contributed by atoms with Gasteiger partial charge in [0.05, 0.1) is 6.04 Å². The van der Waals surface area contributed by atoms with E-state index in [4.69, 9.17) is 0 Å². The predicted molar refractivity (Wildman–Crippen MR) is 67.8 cm³/mol. The first kappa shape index (κ1) is 12.0. The van der Waals surface area contributed by atoms with Gasteiger partial charge in [-0.15, -0.1) is 0 Å². The van der Waals surface area contributed by atoms with Crippen LogP contribution in [0.2, 0.25) is 0 Å². The summed E-state index contributed by atoms with van der Waals surface area (Å²) in [6.45, 7) is 5.08. The zero-order valence-electron chi connectivity index (χ0n) is 10.4. The fraction of sp³-hybridized carbons (Fsp3) is 0.538. The number of aromatic nitrogens is 1. The Labute approximate surface area is 102 Å². The normalized spacial score (nSPS) is 24.4. The van der Waals surface area contributed by atoms with Crippen LogP contribution in [0.3, 0.4) is 0 Å². The Morgan fingerprint density at radius 1 is 1.53 bits per heavy atom. The molecular formula is C13H19N3O. The third-order valence-electron chi connectivity index (χ3n) is 3.15. The number of hydrogen-bond acceptors (Lipinski definition) is 3. The van der Waals surface area contributed by atoms with E-state index in [1.807, 2.05) is 19.1 Å². The lowest BCUT2D eigenvalue weighted by molar-refractivity contribution is -0.119. The zero-order valence-corrected chi connectivity index (χ0v) is 10.4. The van der Waals surface area contributed by atoms with Crippen LogP contribution in [0.15, 0.2) is 18.3 Å². The molecule has 2 unspecified atom stereocenters. The summed E-state index contributed by atoms with van der Waals surface area (Å²) in [6, 6.07) is 3.70. The number of carbonyl (C=O) groups excluding carboxylic acids is 1. The largest absolute Gasteiger partial charge is 0.309 e. The first-order chi connectivity index (χ1) is 8.15. The molecule has 0 aliphatic carbocycles. The van der Waals surface area contributed by atoms with Crippen LogP contribution < -0.4 is 10.6 Å². The van der Waals surface area contributed by atoms with Crippen molar-refractivity contribution in [2.45, 2.75) is 32.7 Å². The summed E-state index contributed by atoms with van der Waals surface area (Å²) < 4.78 is 0. The summed E-state index contributed by atoms with van der Waals surface area (Å²) in [6.07, 6.45) is 3.80. The molecule has 1 aromatic heterocycles. The van der Waals surface area contributed by atoms with Gasteiger partial charge in [-0.2, -0.15) is 0 Å². The summed E-state index contributed by atoms with van der Waals surface area (Å²) in [5.74, 6) is 1.26. The van der Waals surface area contributed by atoms with Crippen LogP contribution >= 0.6 is 0 Å². The Morgan fingerprint density at radius 3 is 3.00 bits per heavy atom. The van der Waals surface area contributed by atoms with Gasteiger partial charge >= 0.3 is 0 Å². The molecule has 4 nitrogen and oxygen atoms in total. The maximum atomic E-state index is 12.0. The maximum absolute atomic E-state index is 12.0. The van der Waals surface area contributed by atoms with Gasteiger partial charge in [-0.25, -0.2) is 4.98 Å². The van der Waals surface area contributed by atoms with E-state index in [2.05, 4.69) is 22.5 Å². The lowest BCUT2D eigenvalue weighted by Crippen LogP contribution is -2.45. The van der Waals surface area contributed by atoms with Crippen molar-refractivity contribution < 1.29 is 4.79 Å². The second kappa shape index (κ2) is 5.27. The summed E-state index contributed by atoms with van der Waals surface area (Å²) in [5, 5.41) is 6.09. The fourth-order valence-corrected chi connectivity index (χ4v) is 2.06. The summed E-state index contributed by atoms with van der Waals surface area (Å²) >= 11 is 0. The van der Waals surface area contributed by atoms with Crippen molar-refractivity contribution in [1.82, 2.24) is 10.3 Å². The summed E-state index contributed by atoms with van der Waals surface area (Å²) in [4.78, 5) is 16.2. The molecule has 1 aliphatic heterocycles. The number of hydrogen-bond donors (Lipinski definition) is 2. The van der Waals surface area contributed by atoms with E-state index >= 15 is 0 Å². The second-order valence-electron chi connectivity index (χ2n) is 4.85. The molecule has 1 saturated heterocycles. The molecule has 0 aromatic carbocycles. The highest BCUT2D eigenvalue weighted by atomic mass is 16.2. The molecule has 2 N–H and O–H groups in total. The van der Waals surface area contributed by atoms with Gasteiger partial charge in [0.2, 0.25) is 5.91 Å². The van der Waals surface area contributed by atoms with Gasteiger partial charge in [-0.3, -0.25) is 4.79 Å². The molecule has 0 bridgehead atoms. The van der Waals surface area contributed by atoms with Gasteiger partial charge < -0.3 is 10.6 Å². The molecule has 1 amide bonds. The molecule has 0 spiro atoms. The first-order valence-electron chi connectivity index (χ1n) is 6.12. The highest BCUT2D eigenvalue weighted by Gasteiger charge is 2.24. The molecule has 92 valence electrons. The minimum atomic E-state index is -0.0816. The van der Waals surface area contributed by atoms with Crippen LogP contribution in [-0.2, 0) is 4.79 Å². The monoisotopic (exact) mass is 233 g/mol. The minimum absolute atomic E-state index is 0.0212. The number of pyridine rings is 1. The van der Waals surface area contributed by atoms with Gasteiger partial charge in [0.1, 0.15) is 5.82 Å². The molecule has 2 heterocycles. The zero-order chi connectivity index (χ0) is 12.3. The van der Waals surface area contributed by atoms with Crippen molar-refractivity contribution >= 4 is 11.7 Å². The van der Waals surface area contributed by atoms with Crippen LogP contribution in [-0.4, -0.2) is 23.5 Å². The minimum Gasteiger partial charge on any atom is -0.309 e. The van der Waals surface area contributed by atoms with E-state index < -0.39 is 0 Å². The third kappa shape index (κ3) is 3.27. The maximum Gasteiger partial charge on any atom is 0.242 e. The third-order valence-corrected chi connectivity index (χ3v) is 3.15. The average molecular weight is 233 g/mol. The summed E-state index contributed by atoms with van der Waals surface area (Å²) in [7, 11) is 0.